The lowest BCUT2D eigenvalue weighted by atomic mass is 9.75. The Labute approximate surface area is 262 Å². The number of nitrogens with zero attached hydrogens (tertiary/aromatic N) is 6. The van der Waals surface area contributed by atoms with Crippen molar-refractivity contribution in [2.75, 3.05) is 44.2 Å². The van der Waals surface area contributed by atoms with E-state index in [9.17, 15) is 14.0 Å². The smallest absolute Gasteiger partial charge is 0.257 e. The Morgan fingerprint density at radius 1 is 0.867 bits per heavy atom. The second-order valence-electron chi connectivity index (χ2n) is 11.8. The molecule has 0 aliphatic carbocycles. The van der Waals surface area contributed by atoms with Crippen LogP contribution in [0.2, 0.25) is 0 Å². The Morgan fingerprint density at radius 3 is 2.44 bits per heavy atom. The van der Waals surface area contributed by atoms with Crippen LogP contribution in [0.15, 0.2) is 91.6 Å². The number of carbonyl (C=O) groups excluding carboxylic acids is 2. The maximum atomic E-state index is 14.2. The van der Waals surface area contributed by atoms with Crippen molar-refractivity contribution in [1.82, 2.24) is 24.8 Å². The minimum absolute atomic E-state index is 0.0917. The highest BCUT2D eigenvalue weighted by atomic mass is 19.1. The molecule has 1 fully saturated rings. The molecule has 4 heterocycles. The molecule has 2 aliphatic rings. The molecule has 232 valence electrons. The summed E-state index contributed by atoms with van der Waals surface area (Å²) in [5.41, 5.74) is 1.62. The number of ether oxygens (including phenoxy) is 1. The zero-order chi connectivity index (χ0) is 31.1. The normalized spacial score (nSPS) is 17.4. The lowest BCUT2D eigenvalue weighted by molar-refractivity contribution is 0.0363. The fourth-order valence-electron chi connectivity index (χ4n) is 6.27. The molecule has 2 aromatic carbocycles. The number of pyridine rings is 1. The predicted molar refractivity (Wildman–Crippen MR) is 168 cm³/mol. The number of hydrogen-bond donors (Lipinski definition) is 0. The molecule has 0 atom stereocenters. The summed E-state index contributed by atoms with van der Waals surface area (Å²) < 4.78 is 20.3. The van der Waals surface area contributed by atoms with Crippen LogP contribution in [0.5, 0.6) is 5.75 Å². The summed E-state index contributed by atoms with van der Waals surface area (Å²) in [6.45, 7) is 3.77. The van der Waals surface area contributed by atoms with Crippen LogP contribution in [0.25, 0.3) is 0 Å². The first-order chi connectivity index (χ1) is 22.0. The number of hydrogen-bond acceptors (Lipinski definition) is 7. The van der Waals surface area contributed by atoms with Gasteiger partial charge in [-0.25, -0.2) is 9.37 Å². The van der Waals surface area contributed by atoms with Gasteiger partial charge in [0.2, 0.25) is 0 Å². The number of rotatable bonds is 4. The fourth-order valence-corrected chi connectivity index (χ4v) is 6.27. The average Bonchev–Trinajstić information content (AvgIpc) is 3.09. The summed E-state index contributed by atoms with van der Waals surface area (Å²) >= 11 is 0. The van der Waals surface area contributed by atoms with E-state index in [1.54, 1.807) is 23.5 Å². The minimum atomic E-state index is -0.527. The first-order valence-electron chi connectivity index (χ1n) is 15.5. The summed E-state index contributed by atoms with van der Waals surface area (Å²) in [6, 6.07) is 18.7. The molecule has 6 rings (SSSR count). The Balaban J connectivity index is 1.27. The first-order valence-corrected chi connectivity index (χ1v) is 15.5. The summed E-state index contributed by atoms with van der Waals surface area (Å²) in [7, 11) is 0. The van der Waals surface area contributed by atoms with Crippen molar-refractivity contribution in [3.8, 4) is 5.75 Å². The zero-order valence-electron chi connectivity index (χ0n) is 25.2. The fraction of sp³-hybridized carbons (Fsp3) is 0.343. The second-order valence-corrected chi connectivity index (χ2v) is 11.8. The maximum absolute atomic E-state index is 14.2. The number of amides is 2. The Morgan fingerprint density at radius 2 is 1.67 bits per heavy atom. The van der Waals surface area contributed by atoms with Crippen molar-refractivity contribution in [1.29, 1.82) is 0 Å². The lowest BCUT2D eigenvalue weighted by Crippen LogP contribution is -2.46. The number of likely N-dealkylation sites (tertiary alicyclic amines) is 1. The van der Waals surface area contributed by atoms with Crippen LogP contribution in [0.3, 0.4) is 0 Å². The number of carbonyl (C=O) groups is 2. The summed E-state index contributed by atoms with van der Waals surface area (Å²) in [5, 5.41) is 0. The van der Waals surface area contributed by atoms with Gasteiger partial charge in [0.1, 0.15) is 17.4 Å². The molecule has 1 saturated heterocycles. The van der Waals surface area contributed by atoms with E-state index in [-0.39, 0.29) is 22.8 Å². The van der Waals surface area contributed by atoms with E-state index in [4.69, 9.17) is 4.74 Å². The van der Waals surface area contributed by atoms with Gasteiger partial charge in [0.15, 0.2) is 0 Å². The van der Waals surface area contributed by atoms with Gasteiger partial charge in [-0.2, -0.15) is 0 Å². The Kier molecular flexibility index (Phi) is 9.28. The van der Waals surface area contributed by atoms with Crippen molar-refractivity contribution >= 4 is 17.6 Å². The topological polar surface area (TPSA) is 91.8 Å². The minimum Gasteiger partial charge on any atom is -0.492 e. The molecule has 9 nitrogen and oxygen atoms in total. The van der Waals surface area contributed by atoms with Crippen molar-refractivity contribution in [3.05, 3.63) is 114 Å². The lowest BCUT2D eigenvalue weighted by Gasteiger charge is -2.42. The highest BCUT2D eigenvalue weighted by Gasteiger charge is 2.37. The number of piperidine rings is 1. The third-order valence-corrected chi connectivity index (χ3v) is 8.87. The predicted octanol–water partition coefficient (Wildman–Crippen LogP) is 5.25. The second kappa shape index (κ2) is 13.8. The number of anilines is 1. The monoisotopic (exact) mass is 608 g/mol. The quantitative estimate of drug-likeness (QED) is 0.312. The number of fused-ring (bicyclic) bond motifs is 1. The van der Waals surface area contributed by atoms with Crippen molar-refractivity contribution in [3.63, 3.8) is 0 Å². The zero-order valence-corrected chi connectivity index (χ0v) is 25.2. The van der Waals surface area contributed by atoms with Gasteiger partial charge >= 0.3 is 0 Å². The molecule has 45 heavy (non-hydrogen) atoms. The number of para-hydroxylation sites is 1. The Bertz CT molecular complexity index is 1600. The van der Waals surface area contributed by atoms with Gasteiger partial charge < -0.3 is 19.4 Å². The van der Waals surface area contributed by atoms with E-state index in [0.29, 0.717) is 50.6 Å². The molecule has 10 heteroatoms. The maximum Gasteiger partial charge on any atom is 0.257 e. The highest BCUT2D eigenvalue weighted by Crippen LogP contribution is 2.38. The van der Waals surface area contributed by atoms with Gasteiger partial charge in [0, 0.05) is 63.3 Å². The van der Waals surface area contributed by atoms with Crippen LogP contribution in [-0.2, 0) is 6.54 Å². The molecule has 2 amide bonds. The molecule has 2 aliphatic heterocycles. The van der Waals surface area contributed by atoms with Crippen LogP contribution in [0.4, 0.5) is 10.2 Å². The van der Waals surface area contributed by atoms with E-state index in [2.05, 4.69) is 19.9 Å². The van der Waals surface area contributed by atoms with E-state index >= 15 is 0 Å². The van der Waals surface area contributed by atoms with E-state index in [0.717, 1.165) is 49.8 Å². The molecule has 2 aromatic heterocycles. The standard InChI is InChI=1S/C35H37FN6O3/c36-29-21-28(22-38-23-29)33(43)41-17-12-35(13-18-41)11-6-16-40(32-24-37-14-15-39-32)19-20-42(25-27-7-2-1-3-8-27)34(44)30-9-4-5-10-31(30)45-26-35/h1-5,7-10,14-15,21-24H,6,11-13,16-20,25-26H2. The summed E-state index contributed by atoms with van der Waals surface area (Å²) in [4.78, 5) is 45.9. The molecule has 0 radical (unpaired) electrons. The van der Waals surface area contributed by atoms with Gasteiger partial charge in [-0.3, -0.25) is 19.6 Å². The summed E-state index contributed by atoms with van der Waals surface area (Å²) in [5.74, 6) is 0.501. The molecule has 0 bridgehead atoms. The van der Waals surface area contributed by atoms with Crippen LogP contribution < -0.4 is 9.64 Å². The van der Waals surface area contributed by atoms with Gasteiger partial charge in [-0.1, -0.05) is 42.5 Å². The van der Waals surface area contributed by atoms with Crippen molar-refractivity contribution in [2.45, 2.75) is 32.2 Å². The van der Waals surface area contributed by atoms with Gasteiger partial charge in [-0.15, -0.1) is 0 Å². The van der Waals surface area contributed by atoms with Gasteiger partial charge in [0.25, 0.3) is 11.8 Å². The number of benzene rings is 2. The van der Waals surface area contributed by atoms with Crippen molar-refractivity contribution in [2.24, 2.45) is 5.41 Å². The first kappa shape index (κ1) is 30.2. The third kappa shape index (κ3) is 7.28. The highest BCUT2D eigenvalue weighted by molar-refractivity contribution is 5.97. The number of halogens is 1. The van der Waals surface area contributed by atoms with E-state index < -0.39 is 5.82 Å². The molecule has 1 spiro atoms. The molecule has 0 saturated carbocycles. The van der Waals surface area contributed by atoms with Crippen molar-refractivity contribution < 1.29 is 18.7 Å². The number of aromatic nitrogens is 3. The summed E-state index contributed by atoms with van der Waals surface area (Å²) in [6.07, 6.45) is 10.8. The van der Waals surface area contributed by atoms with E-state index in [1.165, 1.54) is 12.3 Å². The Hall–Kier alpha value is -4.86. The molecular weight excluding hydrogens is 571 g/mol. The molecule has 0 N–H and O–H groups in total. The van der Waals surface area contributed by atoms with Crippen LogP contribution >= 0.6 is 0 Å². The van der Waals surface area contributed by atoms with E-state index in [1.807, 2.05) is 59.5 Å². The van der Waals surface area contributed by atoms with Crippen LogP contribution in [0.1, 0.15) is 52.0 Å². The third-order valence-electron chi connectivity index (χ3n) is 8.87. The van der Waals surface area contributed by atoms with Crippen LogP contribution in [0, 0.1) is 11.2 Å². The van der Waals surface area contributed by atoms with Crippen LogP contribution in [-0.4, -0.2) is 75.9 Å². The molecule has 4 aromatic rings. The SMILES string of the molecule is O=C(c1cncc(F)c1)N1CCC2(CCCN(c3cnccn3)CCN(Cc3ccccc3)C(=O)c3ccccc3OC2)CC1. The van der Waals surface area contributed by atoms with Gasteiger partial charge in [0.05, 0.1) is 30.1 Å². The molecular formula is C35H37FN6O3. The molecule has 0 unspecified atom stereocenters. The average molecular weight is 609 g/mol. The largest absolute Gasteiger partial charge is 0.492 e. The van der Waals surface area contributed by atoms with Gasteiger partial charge in [-0.05, 0) is 49.4 Å².